The van der Waals surface area contributed by atoms with Crippen LogP contribution in [0.3, 0.4) is 0 Å². The highest BCUT2D eigenvalue weighted by Gasteiger charge is 2.42. The number of hydrogen-bond acceptors (Lipinski definition) is 5. The zero-order chi connectivity index (χ0) is 13.0. The number of ketones is 1. The van der Waals surface area contributed by atoms with Crippen LogP contribution >= 0.6 is 0 Å². The van der Waals surface area contributed by atoms with E-state index in [1.807, 2.05) is 0 Å². The number of Topliss-reactive ketones (excluding diaryl/α,β-unsaturated/α-hetero) is 1. The molecular formula is C13H17NO4. The second kappa shape index (κ2) is 5.46. The third kappa shape index (κ3) is 2.23. The predicted molar refractivity (Wildman–Crippen MR) is 64.9 cm³/mol. The molecule has 1 aliphatic rings. The van der Waals surface area contributed by atoms with Crippen LogP contribution in [0.5, 0.6) is 5.75 Å². The second-order valence-electron chi connectivity index (χ2n) is 4.19. The van der Waals surface area contributed by atoms with Crippen molar-refractivity contribution in [2.45, 2.75) is 18.4 Å². The Morgan fingerprint density at radius 3 is 2.72 bits per heavy atom. The first-order valence-electron chi connectivity index (χ1n) is 5.90. The van der Waals surface area contributed by atoms with Crippen molar-refractivity contribution in [1.29, 1.82) is 0 Å². The van der Waals surface area contributed by atoms with Crippen molar-refractivity contribution < 1.29 is 19.0 Å². The van der Waals surface area contributed by atoms with E-state index in [0.717, 1.165) is 0 Å². The van der Waals surface area contributed by atoms with Crippen LogP contribution in [0.2, 0.25) is 0 Å². The summed E-state index contributed by atoms with van der Waals surface area (Å²) < 4.78 is 15.9. The topological polar surface area (TPSA) is 57.7 Å². The van der Waals surface area contributed by atoms with Gasteiger partial charge in [-0.3, -0.25) is 4.79 Å². The molecule has 1 aromatic heterocycles. The van der Waals surface area contributed by atoms with Crippen molar-refractivity contribution in [1.82, 2.24) is 4.98 Å². The van der Waals surface area contributed by atoms with Gasteiger partial charge in [0.25, 0.3) is 0 Å². The normalized spacial score (nSPS) is 18.3. The molecule has 0 amide bonds. The van der Waals surface area contributed by atoms with Crippen molar-refractivity contribution in [3.63, 3.8) is 0 Å². The van der Waals surface area contributed by atoms with Crippen LogP contribution in [0.4, 0.5) is 0 Å². The third-order valence-corrected chi connectivity index (χ3v) is 3.31. The monoisotopic (exact) mass is 251 g/mol. The van der Waals surface area contributed by atoms with E-state index in [0.29, 0.717) is 37.5 Å². The summed E-state index contributed by atoms with van der Waals surface area (Å²) in [6.45, 7) is 1.05. The third-order valence-electron chi connectivity index (χ3n) is 3.31. The van der Waals surface area contributed by atoms with E-state index >= 15 is 0 Å². The van der Waals surface area contributed by atoms with E-state index in [1.165, 1.54) is 7.11 Å². The summed E-state index contributed by atoms with van der Waals surface area (Å²) in [4.78, 5) is 16.7. The standard InChI is InChI=1S/C13H17NO4/c1-16-10-4-3-7-14-11(10)12(15)13(17-2)5-8-18-9-6-13/h3-4,7H,5-6,8-9H2,1-2H3. The summed E-state index contributed by atoms with van der Waals surface area (Å²) in [5.41, 5.74) is -0.511. The second-order valence-corrected chi connectivity index (χ2v) is 4.19. The molecule has 0 aromatic carbocycles. The molecule has 5 nitrogen and oxygen atoms in total. The summed E-state index contributed by atoms with van der Waals surface area (Å²) >= 11 is 0. The molecular weight excluding hydrogens is 234 g/mol. The lowest BCUT2D eigenvalue weighted by Crippen LogP contribution is -2.46. The van der Waals surface area contributed by atoms with Gasteiger partial charge in [0.15, 0.2) is 5.69 Å². The van der Waals surface area contributed by atoms with E-state index in [1.54, 1.807) is 25.4 Å². The van der Waals surface area contributed by atoms with Crippen molar-refractivity contribution in [2.75, 3.05) is 27.4 Å². The van der Waals surface area contributed by atoms with Gasteiger partial charge < -0.3 is 14.2 Å². The number of methoxy groups -OCH3 is 2. The molecule has 0 radical (unpaired) electrons. The highest BCUT2D eigenvalue weighted by Crippen LogP contribution is 2.30. The molecule has 5 heteroatoms. The molecule has 0 atom stereocenters. The quantitative estimate of drug-likeness (QED) is 0.758. The highest BCUT2D eigenvalue weighted by molar-refractivity contribution is 6.03. The van der Waals surface area contributed by atoms with Crippen molar-refractivity contribution >= 4 is 5.78 Å². The number of carbonyl (C=O) groups is 1. The Labute approximate surface area is 106 Å². The van der Waals surface area contributed by atoms with Crippen LogP contribution in [-0.2, 0) is 9.47 Å². The van der Waals surface area contributed by atoms with Gasteiger partial charge in [-0.05, 0) is 12.1 Å². The summed E-state index contributed by atoms with van der Waals surface area (Å²) in [7, 11) is 3.08. The van der Waals surface area contributed by atoms with Crippen LogP contribution in [-0.4, -0.2) is 43.8 Å². The molecule has 2 heterocycles. The van der Waals surface area contributed by atoms with Crippen LogP contribution in [0.15, 0.2) is 18.3 Å². The molecule has 0 bridgehead atoms. The molecule has 1 aliphatic heterocycles. The number of pyridine rings is 1. The Morgan fingerprint density at radius 1 is 1.39 bits per heavy atom. The zero-order valence-corrected chi connectivity index (χ0v) is 10.6. The maximum atomic E-state index is 12.6. The smallest absolute Gasteiger partial charge is 0.216 e. The van der Waals surface area contributed by atoms with E-state index in [-0.39, 0.29) is 5.78 Å². The predicted octanol–water partition coefficient (Wildman–Crippen LogP) is 1.47. The molecule has 98 valence electrons. The Kier molecular flexibility index (Phi) is 3.93. The molecule has 0 saturated carbocycles. The van der Waals surface area contributed by atoms with E-state index < -0.39 is 5.60 Å². The average Bonchev–Trinajstić information content (AvgIpc) is 2.47. The minimum absolute atomic E-state index is 0.134. The van der Waals surface area contributed by atoms with E-state index in [4.69, 9.17) is 14.2 Å². The summed E-state index contributed by atoms with van der Waals surface area (Å²) in [6.07, 6.45) is 2.67. The number of rotatable bonds is 4. The lowest BCUT2D eigenvalue weighted by atomic mass is 9.87. The van der Waals surface area contributed by atoms with Gasteiger partial charge in [0.1, 0.15) is 11.4 Å². The first-order chi connectivity index (χ1) is 8.73. The van der Waals surface area contributed by atoms with Crippen LogP contribution in [0, 0.1) is 0 Å². The number of carbonyl (C=O) groups excluding carboxylic acids is 1. The van der Waals surface area contributed by atoms with Crippen molar-refractivity contribution in [3.8, 4) is 5.75 Å². The number of ether oxygens (including phenoxy) is 3. The Balaban J connectivity index is 2.33. The average molecular weight is 251 g/mol. The van der Waals surface area contributed by atoms with Gasteiger partial charge in [-0.1, -0.05) is 0 Å². The number of hydrogen-bond donors (Lipinski definition) is 0. The molecule has 0 aliphatic carbocycles. The fourth-order valence-corrected chi connectivity index (χ4v) is 2.17. The first-order valence-corrected chi connectivity index (χ1v) is 5.90. The largest absolute Gasteiger partial charge is 0.494 e. The van der Waals surface area contributed by atoms with Crippen molar-refractivity contribution in [2.24, 2.45) is 0 Å². The van der Waals surface area contributed by atoms with Crippen LogP contribution in [0.1, 0.15) is 23.3 Å². The fraction of sp³-hybridized carbons (Fsp3) is 0.538. The van der Waals surface area contributed by atoms with E-state index in [2.05, 4.69) is 4.98 Å². The van der Waals surface area contributed by atoms with Gasteiger partial charge >= 0.3 is 0 Å². The maximum absolute atomic E-state index is 12.6. The van der Waals surface area contributed by atoms with Crippen LogP contribution in [0.25, 0.3) is 0 Å². The molecule has 0 unspecified atom stereocenters. The Hall–Kier alpha value is -1.46. The van der Waals surface area contributed by atoms with Crippen molar-refractivity contribution in [3.05, 3.63) is 24.0 Å². The maximum Gasteiger partial charge on any atom is 0.216 e. The Bertz CT molecular complexity index is 427. The SMILES string of the molecule is COc1cccnc1C(=O)C1(OC)CCOCC1. The van der Waals surface area contributed by atoms with Gasteiger partial charge in [0.05, 0.1) is 7.11 Å². The van der Waals surface area contributed by atoms with Gasteiger partial charge in [0.2, 0.25) is 5.78 Å². The summed E-state index contributed by atoms with van der Waals surface area (Å²) in [5.74, 6) is 0.344. The van der Waals surface area contributed by atoms with Crippen LogP contribution < -0.4 is 4.74 Å². The van der Waals surface area contributed by atoms with Gasteiger partial charge in [-0.2, -0.15) is 0 Å². The molecule has 1 aromatic rings. The fourth-order valence-electron chi connectivity index (χ4n) is 2.17. The number of nitrogens with zero attached hydrogens (tertiary/aromatic N) is 1. The minimum atomic E-state index is -0.833. The molecule has 0 spiro atoms. The van der Waals surface area contributed by atoms with Gasteiger partial charge in [0, 0.05) is 39.4 Å². The molecule has 18 heavy (non-hydrogen) atoms. The minimum Gasteiger partial charge on any atom is -0.494 e. The lowest BCUT2D eigenvalue weighted by molar-refractivity contribution is -0.0666. The first kappa shape index (κ1) is 13.0. The van der Waals surface area contributed by atoms with Gasteiger partial charge in [-0.25, -0.2) is 4.98 Å². The lowest BCUT2D eigenvalue weighted by Gasteiger charge is -2.34. The zero-order valence-electron chi connectivity index (χ0n) is 10.6. The summed E-state index contributed by atoms with van der Waals surface area (Å²) in [5, 5.41) is 0. The van der Waals surface area contributed by atoms with Gasteiger partial charge in [-0.15, -0.1) is 0 Å². The molecule has 0 N–H and O–H groups in total. The number of aromatic nitrogens is 1. The highest BCUT2D eigenvalue weighted by atomic mass is 16.5. The van der Waals surface area contributed by atoms with E-state index in [9.17, 15) is 4.79 Å². The molecule has 1 fully saturated rings. The Morgan fingerprint density at radius 2 is 2.11 bits per heavy atom. The molecule has 1 saturated heterocycles. The summed E-state index contributed by atoms with van der Waals surface area (Å²) in [6, 6.07) is 3.46. The molecule has 2 rings (SSSR count).